The first-order chi connectivity index (χ1) is 7.69. The van der Waals surface area contributed by atoms with Gasteiger partial charge in [-0.05, 0) is 55.4 Å². The van der Waals surface area contributed by atoms with Gasteiger partial charge in [0, 0.05) is 6.42 Å². The number of carbonyl (C=O) groups excluding carboxylic acids is 1. The third kappa shape index (κ3) is 1.49. The Labute approximate surface area is 97.6 Å². The predicted molar refractivity (Wildman–Crippen MR) is 65.0 cm³/mol. The van der Waals surface area contributed by atoms with Crippen LogP contribution in [0.1, 0.15) is 45.4 Å². The van der Waals surface area contributed by atoms with E-state index in [0.717, 1.165) is 25.2 Å². The van der Waals surface area contributed by atoms with Gasteiger partial charge in [-0.1, -0.05) is 24.6 Å². The third-order valence-corrected chi connectivity index (χ3v) is 5.03. The molecule has 16 heavy (non-hydrogen) atoms. The maximum Gasteiger partial charge on any atom is 0.155 e. The van der Waals surface area contributed by atoms with Crippen LogP contribution in [0.5, 0.6) is 0 Å². The van der Waals surface area contributed by atoms with Gasteiger partial charge in [0.25, 0.3) is 0 Å². The molecule has 3 rings (SSSR count). The molecule has 1 saturated carbocycles. The Hall–Kier alpha value is -0.850. The number of hydrogen-bond donors (Lipinski definition) is 0. The maximum atomic E-state index is 11.5. The average molecular weight is 216 g/mol. The van der Waals surface area contributed by atoms with Crippen LogP contribution in [0.4, 0.5) is 0 Å². The fourth-order valence-electron chi connectivity index (χ4n) is 3.98. The maximum absolute atomic E-state index is 11.5. The summed E-state index contributed by atoms with van der Waals surface area (Å²) in [6.07, 6.45) is 13.5. The molecule has 1 heteroatoms. The molecule has 0 saturated heterocycles. The summed E-state index contributed by atoms with van der Waals surface area (Å²) in [5.41, 5.74) is 1.98. The van der Waals surface area contributed by atoms with Gasteiger partial charge < -0.3 is 0 Å². The zero-order valence-electron chi connectivity index (χ0n) is 10.0. The van der Waals surface area contributed by atoms with Gasteiger partial charge in [0.15, 0.2) is 5.78 Å². The van der Waals surface area contributed by atoms with Crippen LogP contribution in [-0.2, 0) is 4.79 Å². The molecule has 0 unspecified atom stereocenters. The number of ketones is 1. The van der Waals surface area contributed by atoms with Gasteiger partial charge in [0.1, 0.15) is 0 Å². The van der Waals surface area contributed by atoms with Crippen molar-refractivity contribution in [3.8, 4) is 0 Å². The Kier molecular flexibility index (Phi) is 2.31. The summed E-state index contributed by atoms with van der Waals surface area (Å²) >= 11 is 0. The fraction of sp³-hybridized carbons (Fsp3) is 0.667. The highest BCUT2D eigenvalue weighted by Gasteiger charge is 2.44. The predicted octanol–water partition coefficient (Wildman–Crippen LogP) is 3.66. The molecule has 0 heterocycles. The lowest BCUT2D eigenvalue weighted by atomic mass is 9.55. The number of hydrogen-bond acceptors (Lipinski definition) is 1. The zero-order chi connectivity index (χ0) is 11.2. The summed E-state index contributed by atoms with van der Waals surface area (Å²) < 4.78 is 0. The number of fused-ring (bicyclic) bond motifs is 3. The molecular weight excluding hydrogens is 196 g/mol. The molecule has 0 aromatic rings. The lowest BCUT2D eigenvalue weighted by Gasteiger charge is -2.49. The van der Waals surface area contributed by atoms with E-state index in [9.17, 15) is 4.79 Å². The molecule has 0 bridgehead atoms. The van der Waals surface area contributed by atoms with Crippen LogP contribution in [-0.4, -0.2) is 5.78 Å². The van der Waals surface area contributed by atoms with Gasteiger partial charge in [-0.15, -0.1) is 0 Å². The normalized spacial score (nSPS) is 42.3. The molecule has 3 aliphatic rings. The van der Waals surface area contributed by atoms with E-state index < -0.39 is 0 Å². The lowest BCUT2D eigenvalue weighted by Crippen LogP contribution is -2.40. The summed E-state index contributed by atoms with van der Waals surface area (Å²) in [6, 6.07) is 0. The first kappa shape index (κ1) is 10.3. The van der Waals surface area contributed by atoms with Gasteiger partial charge in [-0.25, -0.2) is 0 Å². The third-order valence-electron chi connectivity index (χ3n) is 5.03. The van der Waals surface area contributed by atoms with Crippen LogP contribution in [0, 0.1) is 17.3 Å². The van der Waals surface area contributed by atoms with Crippen LogP contribution in [0.3, 0.4) is 0 Å². The molecule has 0 amide bonds. The minimum atomic E-state index is 0.362. The standard InChI is InChI=1S/C15H20O/c1-15-8-3-2-4-14(15)13-6-5-12(16)10-11(13)7-9-15/h2-3,10,13-14H,4-9H2,1H3/t13-,14-,15-/m1/s1. The van der Waals surface area contributed by atoms with Gasteiger partial charge >= 0.3 is 0 Å². The monoisotopic (exact) mass is 216 g/mol. The summed E-state index contributed by atoms with van der Waals surface area (Å²) in [6.45, 7) is 2.45. The average Bonchev–Trinajstić information content (AvgIpc) is 2.28. The van der Waals surface area contributed by atoms with Crippen LogP contribution in [0.15, 0.2) is 23.8 Å². The van der Waals surface area contributed by atoms with Crippen LogP contribution < -0.4 is 0 Å². The topological polar surface area (TPSA) is 17.1 Å². The van der Waals surface area contributed by atoms with Crippen molar-refractivity contribution in [2.45, 2.75) is 45.4 Å². The Morgan fingerprint density at radius 1 is 1.31 bits per heavy atom. The second-order valence-electron chi connectivity index (χ2n) is 6.00. The van der Waals surface area contributed by atoms with E-state index in [1.54, 1.807) is 0 Å². The molecular formula is C15H20O. The number of carbonyl (C=O) groups is 1. The molecule has 0 N–H and O–H groups in total. The van der Waals surface area contributed by atoms with E-state index in [4.69, 9.17) is 0 Å². The molecule has 0 aromatic carbocycles. The quantitative estimate of drug-likeness (QED) is 0.565. The smallest absolute Gasteiger partial charge is 0.155 e. The van der Waals surface area contributed by atoms with Gasteiger partial charge in [-0.2, -0.15) is 0 Å². The van der Waals surface area contributed by atoms with Gasteiger partial charge in [0.2, 0.25) is 0 Å². The van der Waals surface area contributed by atoms with E-state index in [1.807, 2.05) is 6.08 Å². The molecule has 0 aromatic heterocycles. The van der Waals surface area contributed by atoms with Gasteiger partial charge in [0.05, 0.1) is 0 Å². The lowest BCUT2D eigenvalue weighted by molar-refractivity contribution is -0.115. The van der Waals surface area contributed by atoms with Crippen molar-refractivity contribution in [3.05, 3.63) is 23.8 Å². The van der Waals surface area contributed by atoms with Crippen molar-refractivity contribution < 1.29 is 4.79 Å². The summed E-state index contributed by atoms with van der Waals surface area (Å²) in [5.74, 6) is 1.87. The van der Waals surface area contributed by atoms with Crippen molar-refractivity contribution in [1.29, 1.82) is 0 Å². The van der Waals surface area contributed by atoms with Crippen molar-refractivity contribution >= 4 is 5.78 Å². The molecule has 3 aliphatic carbocycles. The largest absolute Gasteiger partial charge is 0.295 e. The highest BCUT2D eigenvalue weighted by molar-refractivity contribution is 5.91. The number of allylic oxidation sites excluding steroid dienone is 4. The Morgan fingerprint density at radius 2 is 2.19 bits per heavy atom. The van der Waals surface area contributed by atoms with Crippen LogP contribution in [0.25, 0.3) is 0 Å². The molecule has 86 valence electrons. The summed E-state index contributed by atoms with van der Waals surface area (Å²) in [4.78, 5) is 11.5. The SMILES string of the molecule is C[C@]12CC=CC[C@@H]1[C@@H]1CCC(=O)C=C1CC2. The second-order valence-corrected chi connectivity index (χ2v) is 6.00. The van der Waals surface area contributed by atoms with E-state index in [0.29, 0.717) is 17.1 Å². The Balaban J connectivity index is 1.94. The minimum absolute atomic E-state index is 0.362. The first-order valence-electron chi connectivity index (χ1n) is 6.57. The summed E-state index contributed by atoms with van der Waals surface area (Å²) in [5, 5.41) is 0. The first-order valence-corrected chi connectivity index (χ1v) is 6.57. The fourth-order valence-corrected chi connectivity index (χ4v) is 3.98. The van der Waals surface area contributed by atoms with Crippen LogP contribution in [0.2, 0.25) is 0 Å². The second kappa shape index (κ2) is 3.58. The van der Waals surface area contributed by atoms with Gasteiger partial charge in [-0.3, -0.25) is 4.79 Å². The van der Waals surface area contributed by atoms with Crippen molar-refractivity contribution in [3.63, 3.8) is 0 Å². The van der Waals surface area contributed by atoms with Crippen molar-refractivity contribution in [2.24, 2.45) is 17.3 Å². The molecule has 0 aliphatic heterocycles. The molecule has 1 fully saturated rings. The number of rotatable bonds is 0. The van der Waals surface area contributed by atoms with Crippen LogP contribution >= 0.6 is 0 Å². The highest BCUT2D eigenvalue weighted by Crippen LogP contribution is 2.54. The summed E-state index contributed by atoms with van der Waals surface area (Å²) in [7, 11) is 0. The zero-order valence-corrected chi connectivity index (χ0v) is 10.0. The van der Waals surface area contributed by atoms with E-state index in [2.05, 4.69) is 19.1 Å². The highest BCUT2D eigenvalue weighted by atomic mass is 16.1. The Morgan fingerprint density at radius 3 is 3.06 bits per heavy atom. The van der Waals surface area contributed by atoms with E-state index in [1.165, 1.54) is 24.8 Å². The Bertz CT molecular complexity index is 377. The van der Waals surface area contributed by atoms with Crippen molar-refractivity contribution in [2.75, 3.05) is 0 Å². The molecule has 1 nitrogen and oxygen atoms in total. The molecule has 0 spiro atoms. The van der Waals surface area contributed by atoms with E-state index in [-0.39, 0.29) is 0 Å². The molecule has 3 atom stereocenters. The van der Waals surface area contributed by atoms with Crippen molar-refractivity contribution in [1.82, 2.24) is 0 Å². The minimum Gasteiger partial charge on any atom is -0.295 e. The van der Waals surface area contributed by atoms with E-state index >= 15 is 0 Å². The molecule has 0 radical (unpaired) electrons.